The van der Waals surface area contributed by atoms with Gasteiger partial charge in [-0.2, -0.15) is 0 Å². The Bertz CT molecular complexity index is 1020. The fourth-order valence-corrected chi connectivity index (χ4v) is 15.0. The molecule has 2 aliphatic rings. The van der Waals surface area contributed by atoms with E-state index in [1.807, 2.05) is 0 Å². The first-order valence-corrected chi connectivity index (χ1v) is 20.7. The molecule has 1 aliphatic carbocycles. The summed E-state index contributed by atoms with van der Waals surface area (Å²) in [6.07, 6.45) is 2.99. The van der Waals surface area contributed by atoms with Crippen LogP contribution in [0.25, 0.3) is 0 Å². The van der Waals surface area contributed by atoms with E-state index in [1.165, 1.54) is 34.9 Å². The maximum atomic E-state index is 10.5. The normalized spacial score (nSPS) is 27.9. The van der Waals surface area contributed by atoms with Crippen molar-refractivity contribution in [3.8, 4) is 0 Å². The maximum absolute atomic E-state index is 10.5. The van der Waals surface area contributed by atoms with Gasteiger partial charge in [0.15, 0.2) is 8.32 Å². The molecular weight excluding hydrogens is 541 g/mol. The van der Waals surface area contributed by atoms with Crippen LogP contribution in [0.2, 0.25) is 23.2 Å². The molecular formula is C35H56O4Si2. The minimum absolute atomic E-state index is 0.0139. The topological polar surface area (TPSA) is 47.9 Å². The third kappa shape index (κ3) is 6.94. The van der Waals surface area contributed by atoms with Crippen molar-refractivity contribution in [3.05, 3.63) is 60.7 Å². The van der Waals surface area contributed by atoms with Crippen molar-refractivity contribution in [1.82, 2.24) is 0 Å². The third-order valence-electron chi connectivity index (χ3n) is 10.4. The summed E-state index contributed by atoms with van der Waals surface area (Å²) >= 11 is 0. The smallest absolute Gasteiger partial charge is 0.261 e. The average Bonchev–Trinajstić information content (AvgIpc) is 3.72. The maximum Gasteiger partial charge on any atom is 0.261 e. The highest BCUT2D eigenvalue weighted by Gasteiger charge is 2.54. The van der Waals surface area contributed by atoms with Crippen LogP contribution in [0.3, 0.4) is 0 Å². The van der Waals surface area contributed by atoms with Crippen molar-refractivity contribution in [2.45, 2.75) is 122 Å². The molecule has 0 radical (unpaired) electrons. The molecule has 0 aromatic heterocycles. The summed E-state index contributed by atoms with van der Waals surface area (Å²) in [7, 11) is -4.48. The third-order valence-corrected chi connectivity index (χ3v) is 20.2. The monoisotopic (exact) mass is 596 g/mol. The highest BCUT2D eigenvalue weighted by Crippen LogP contribution is 2.47. The van der Waals surface area contributed by atoms with Gasteiger partial charge in [0.2, 0.25) is 0 Å². The lowest BCUT2D eigenvalue weighted by atomic mass is 9.88. The molecule has 2 fully saturated rings. The van der Waals surface area contributed by atoms with Crippen LogP contribution in [0.4, 0.5) is 0 Å². The quantitative estimate of drug-likeness (QED) is 0.250. The largest absolute Gasteiger partial charge is 0.414 e. The Morgan fingerprint density at radius 3 is 1.80 bits per heavy atom. The number of aliphatic hydroxyl groups excluding tert-OH is 1. The Morgan fingerprint density at radius 2 is 1.39 bits per heavy atom. The van der Waals surface area contributed by atoms with E-state index in [0.29, 0.717) is 5.92 Å². The van der Waals surface area contributed by atoms with E-state index in [2.05, 4.69) is 116 Å². The zero-order valence-electron chi connectivity index (χ0n) is 26.9. The van der Waals surface area contributed by atoms with Crippen LogP contribution in [-0.2, 0) is 13.6 Å². The highest BCUT2D eigenvalue weighted by molar-refractivity contribution is 6.99. The molecule has 0 bridgehead atoms. The van der Waals surface area contributed by atoms with Gasteiger partial charge in [0.25, 0.3) is 8.32 Å². The van der Waals surface area contributed by atoms with E-state index in [9.17, 15) is 5.11 Å². The van der Waals surface area contributed by atoms with Crippen molar-refractivity contribution < 1.29 is 18.7 Å². The molecule has 7 atom stereocenters. The zero-order chi connectivity index (χ0) is 29.8. The first-order valence-electron chi connectivity index (χ1n) is 16.3. The van der Waals surface area contributed by atoms with Crippen molar-refractivity contribution in [2.24, 2.45) is 17.8 Å². The van der Waals surface area contributed by atoms with Gasteiger partial charge in [-0.05, 0) is 64.6 Å². The van der Waals surface area contributed by atoms with Gasteiger partial charge in [-0.25, -0.2) is 0 Å². The highest BCUT2D eigenvalue weighted by atomic mass is 28.4. The Labute approximate surface area is 252 Å². The van der Waals surface area contributed by atoms with Gasteiger partial charge in [0.05, 0.1) is 31.0 Å². The molecule has 1 saturated heterocycles. The van der Waals surface area contributed by atoms with E-state index >= 15 is 0 Å². The van der Waals surface area contributed by atoms with Gasteiger partial charge >= 0.3 is 0 Å². The van der Waals surface area contributed by atoms with E-state index in [4.69, 9.17) is 13.6 Å². The summed E-state index contributed by atoms with van der Waals surface area (Å²) in [6, 6.07) is 25.3. The molecule has 1 aliphatic heterocycles. The Balaban J connectivity index is 1.68. The van der Waals surface area contributed by atoms with Gasteiger partial charge in [-0.15, -0.1) is 0 Å². The van der Waals surface area contributed by atoms with Crippen LogP contribution < -0.4 is 10.4 Å². The van der Waals surface area contributed by atoms with Gasteiger partial charge in [-0.1, -0.05) is 116 Å². The molecule has 4 rings (SSSR count). The van der Waals surface area contributed by atoms with E-state index in [-0.39, 0.29) is 42.0 Å². The number of hydrogen-bond acceptors (Lipinski definition) is 4. The van der Waals surface area contributed by atoms with Crippen molar-refractivity contribution >= 4 is 27.0 Å². The van der Waals surface area contributed by atoms with Crippen LogP contribution in [0, 0.1) is 17.8 Å². The lowest BCUT2D eigenvalue weighted by Gasteiger charge is -2.49. The summed E-state index contributed by atoms with van der Waals surface area (Å²) in [4.78, 5) is 0. The van der Waals surface area contributed by atoms with Crippen molar-refractivity contribution in [3.63, 3.8) is 0 Å². The summed E-state index contributed by atoms with van der Waals surface area (Å²) in [5.74, 6) is 1.43. The molecule has 0 spiro atoms. The van der Waals surface area contributed by atoms with Crippen molar-refractivity contribution in [1.29, 1.82) is 0 Å². The standard InChI is InChI=1S/C35H56O4Si2/c1-9-40(10-2,11-3)38-33(31-22-26(31)4)24-28-23-32(27(5)34(25-36)37-28)39-41(35(6,7)8,29-18-14-12-15-19-29)30-20-16-13-17-21-30/h12-21,26-28,31-34,36H,9-11,22-25H2,1-8H3/t26-,27-,28+,31-,32+,33+,34+/m1/s1. The zero-order valence-corrected chi connectivity index (χ0v) is 28.9. The molecule has 2 aromatic rings. The van der Waals surface area contributed by atoms with Crippen LogP contribution >= 0.6 is 0 Å². The Hall–Kier alpha value is -1.29. The second-order valence-corrected chi connectivity index (χ2v) is 22.9. The predicted molar refractivity (Wildman–Crippen MR) is 176 cm³/mol. The second-order valence-electron chi connectivity index (χ2n) is 13.9. The van der Waals surface area contributed by atoms with Crippen molar-refractivity contribution in [2.75, 3.05) is 6.61 Å². The van der Waals surface area contributed by atoms with Crippen LogP contribution in [0.5, 0.6) is 0 Å². The summed E-state index contributed by atoms with van der Waals surface area (Å²) in [6.45, 7) is 18.6. The fourth-order valence-electron chi connectivity index (χ4n) is 7.33. The van der Waals surface area contributed by atoms with E-state index in [1.54, 1.807) is 0 Å². The molecule has 0 amide bonds. The van der Waals surface area contributed by atoms with Gasteiger partial charge in [0, 0.05) is 5.92 Å². The van der Waals surface area contributed by atoms with Gasteiger partial charge in [0.1, 0.15) is 0 Å². The first kappa shape index (κ1) is 32.6. The molecule has 2 aromatic carbocycles. The van der Waals surface area contributed by atoms with Crippen LogP contribution in [0.15, 0.2) is 60.7 Å². The van der Waals surface area contributed by atoms with E-state index < -0.39 is 16.6 Å². The van der Waals surface area contributed by atoms with E-state index in [0.717, 1.165) is 18.8 Å². The number of ether oxygens (including phenoxy) is 1. The fraction of sp³-hybridized carbons (Fsp3) is 0.657. The van der Waals surface area contributed by atoms with Gasteiger partial charge in [-0.3, -0.25) is 0 Å². The lowest BCUT2D eigenvalue weighted by Crippen LogP contribution is -2.69. The first-order chi connectivity index (χ1) is 19.5. The number of benzene rings is 2. The Morgan fingerprint density at radius 1 is 0.878 bits per heavy atom. The minimum Gasteiger partial charge on any atom is -0.414 e. The second kappa shape index (κ2) is 13.6. The lowest BCUT2D eigenvalue weighted by molar-refractivity contribution is -0.149. The number of aliphatic hydroxyl groups is 1. The Kier molecular flexibility index (Phi) is 10.8. The average molecular weight is 597 g/mol. The molecule has 41 heavy (non-hydrogen) atoms. The summed E-state index contributed by atoms with van der Waals surface area (Å²) in [5, 5.41) is 13.0. The molecule has 6 heteroatoms. The SMILES string of the molecule is CC[Si](CC)(CC)O[C@@H](C[C@@H]1C[C@H](O[Si](c2ccccc2)(c2ccccc2)C(C)(C)C)[C@@H](C)[C@H](CO)O1)[C@@H]1C[C@H]1C. The molecule has 1 heterocycles. The van der Waals surface area contributed by atoms with Gasteiger partial charge < -0.3 is 18.7 Å². The predicted octanol–water partition coefficient (Wildman–Crippen LogP) is 7.15. The number of hydrogen-bond donors (Lipinski definition) is 1. The molecule has 4 nitrogen and oxygen atoms in total. The molecule has 0 unspecified atom stereocenters. The number of rotatable bonds is 13. The molecule has 1 N–H and O–H groups in total. The summed E-state index contributed by atoms with van der Waals surface area (Å²) < 4.78 is 21.5. The molecule has 1 saturated carbocycles. The minimum atomic E-state index is -2.73. The van der Waals surface area contributed by atoms with Crippen LogP contribution in [0.1, 0.15) is 74.7 Å². The molecule has 228 valence electrons. The summed E-state index contributed by atoms with van der Waals surface area (Å²) in [5.41, 5.74) is 0. The van der Waals surface area contributed by atoms with Crippen LogP contribution in [-0.4, -0.2) is 52.8 Å².